The summed E-state index contributed by atoms with van der Waals surface area (Å²) < 4.78 is 20.1. The Morgan fingerprint density at radius 1 is 1.04 bits per heavy atom. The van der Waals surface area contributed by atoms with E-state index in [0.717, 1.165) is 11.1 Å². The third-order valence-corrected chi connectivity index (χ3v) is 3.67. The van der Waals surface area contributed by atoms with Gasteiger partial charge in [0, 0.05) is 17.8 Å². The van der Waals surface area contributed by atoms with Crippen molar-refractivity contribution in [1.29, 1.82) is 0 Å². The molecule has 0 amide bonds. The van der Waals surface area contributed by atoms with Crippen LogP contribution in [0.15, 0.2) is 71.7 Å². The molecule has 0 saturated carbocycles. The fourth-order valence-electron chi connectivity index (χ4n) is 2.45. The molecule has 2 aromatic carbocycles. The van der Waals surface area contributed by atoms with Gasteiger partial charge in [0.25, 0.3) is 5.56 Å². The van der Waals surface area contributed by atoms with E-state index in [-0.39, 0.29) is 11.4 Å². The van der Waals surface area contributed by atoms with Gasteiger partial charge in [0.15, 0.2) is 0 Å². The van der Waals surface area contributed by atoms with Crippen LogP contribution in [-0.2, 0) is 6.54 Å². The monoisotopic (exact) mass is 333 g/mol. The molecule has 0 aliphatic carbocycles. The normalized spacial score (nSPS) is 10.0. The fourth-order valence-corrected chi connectivity index (χ4v) is 2.45. The summed E-state index contributed by atoms with van der Waals surface area (Å²) in [7, 11) is 1.60. The maximum atomic E-state index is 13.3. The Balaban J connectivity index is 1.90. The number of hydrogen-bond acceptors (Lipinski definition) is 2. The van der Waals surface area contributed by atoms with E-state index in [2.05, 4.69) is 11.8 Å². The van der Waals surface area contributed by atoms with E-state index in [4.69, 9.17) is 4.74 Å². The molecule has 0 fully saturated rings. The summed E-state index contributed by atoms with van der Waals surface area (Å²) in [6, 6.07) is 16.8. The summed E-state index contributed by atoms with van der Waals surface area (Å²) >= 11 is 0. The first kappa shape index (κ1) is 16.5. The lowest BCUT2D eigenvalue weighted by molar-refractivity contribution is 0.413. The number of para-hydroxylation sites is 1. The van der Waals surface area contributed by atoms with Crippen molar-refractivity contribution >= 4 is 0 Å². The van der Waals surface area contributed by atoms with Crippen LogP contribution in [-0.4, -0.2) is 11.7 Å². The average molecular weight is 333 g/mol. The van der Waals surface area contributed by atoms with Gasteiger partial charge in [0.2, 0.25) is 0 Å². The van der Waals surface area contributed by atoms with Gasteiger partial charge in [-0.25, -0.2) is 4.39 Å². The van der Waals surface area contributed by atoms with Crippen LogP contribution in [0.25, 0.3) is 0 Å². The highest BCUT2D eigenvalue weighted by Crippen LogP contribution is 2.15. The van der Waals surface area contributed by atoms with Crippen LogP contribution >= 0.6 is 0 Å². The van der Waals surface area contributed by atoms with Crippen molar-refractivity contribution in [3.05, 3.63) is 99.7 Å². The van der Waals surface area contributed by atoms with Crippen LogP contribution in [0.4, 0.5) is 4.39 Å². The topological polar surface area (TPSA) is 31.2 Å². The van der Waals surface area contributed by atoms with E-state index in [9.17, 15) is 9.18 Å². The number of methoxy groups -OCH3 is 1. The minimum absolute atomic E-state index is 0.160. The quantitative estimate of drug-likeness (QED) is 0.688. The van der Waals surface area contributed by atoms with E-state index < -0.39 is 0 Å². The first-order chi connectivity index (χ1) is 12.2. The molecule has 124 valence electrons. The summed E-state index contributed by atoms with van der Waals surface area (Å²) in [5.41, 5.74) is 2.03. The summed E-state index contributed by atoms with van der Waals surface area (Å²) in [5.74, 6) is 6.46. The minimum atomic E-state index is -0.322. The lowest BCUT2D eigenvalue weighted by Gasteiger charge is -2.06. The maximum Gasteiger partial charge on any atom is 0.250 e. The number of pyridine rings is 1. The third kappa shape index (κ3) is 4.15. The van der Waals surface area contributed by atoms with Crippen molar-refractivity contribution in [2.75, 3.05) is 7.11 Å². The van der Waals surface area contributed by atoms with Crippen LogP contribution in [0.1, 0.15) is 16.7 Å². The van der Waals surface area contributed by atoms with Crippen LogP contribution in [0.3, 0.4) is 0 Å². The molecule has 0 saturated heterocycles. The molecular weight excluding hydrogens is 317 g/mol. The molecule has 3 nitrogen and oxygen atoms in total. The fraction of sp³-hybridized carbons (Fsp3) is 0.0952. The average Bonchev–Trinajstić information content (AvgIpc) is 2.62. The van der Waals surface area contributed by atoms with Gasteiger partial charge in [-0.3, -0.25) is 4.79 Å². The Bertz CT molecular complexity index is 1010. The number of aromatic nitrogens is 1. The number of halogens is 1. The van der Waals surface area contributed by atoms with Gasteiger partial charge in [-0.15, -0.1) is 0 Å². The predicted molar refractivity (Wildman–Crippen MR) is 95.2 cm³/mol. The molecule has 3 aromatic rings. The molecule has 0 N–H and O–H groups in total. The first-order valence-electron chi connectivity index (χ1n) is 7.76. The van der Waals surface area contributed by atoms with Crippen LogP contribution in [0, 0.1) is 17.7 Å². The third-order valence-electron chi connectivity index (χ3n) is 3.67. The van der Waals surface area contributed by atoms with Crippen LogP contribution in [0.2, 0.25) is 0 Å². The van der Waals surface area contributed by atoms with Crippen molar-refractivity contribution in [2.45, 2.75) is 6.54 Å². The molecule has 4 heteroatoms. The molecule has 0 bridgehead atoms. The molecule has 0 unspecified atom stereocenters. The van der Waals surface area contributed by atoms with E-state index in [1.807, 2.05) is 24.3 Å². The zero-order chi connectivity index (χ0) is 17.6. The second kappa shape index (κ2) is 7.50. The van der Waals surface area contributed by atoms with Gasteiger partial charge >= 0.3 is 0 Å². The van der Waals surface area contributed by atoms with Crippen LogP contribution in [0.5, 0.6) is 5.75 Å². The molecule has 0 spiro atoms. The lowest BCUT2D eigenvalue weighted by atomic mass is 10.2. The Kier molecular flexibility index (Phi) is 4.96. The number of nitrogens with zero attached hydrogens (tertiary/aromatic N) is 1. The maximum absolute atomic E-state index is 13.3. The second-order valence-corrected chi connectivity index (χ2v) is 5.46. The van der Waals surface area contributed by atoms with E-state index in [1.54, 1.807) is 31.5 Å². The zero-order valence-electron chi connectivity index (χ0n) is 13.7. The molecule has 0 radical (unpaired) electrons. The minimum Gasteiger partial charge on any atom is -0.495 e. The number of hydrogen-bond donors (Lipinski definition) is 0. The molecule has 0 atom stereocenters. The lowest BCUT2D eigenvalue weighted by Crippen LogP contribution is -2.19. The molecule has 0 aliphatic rings. The second-order valence-electron chi connectivity index (χ2n) is 5.46. The summed E-state index contributed by atoms with van der Waals surface area (Å²) in [6.07, 6.45) is 1.68. The highest BCUT2D eigenvalue weighted by molar-refractivity contribution is 5.49. The van der Waals surface area contributed by atoms with Crippen molar-refractivity contribution in [1.82, 2.24) is 4.57 Å². The van der Waals surface area contributed by atoms with Gasteiger partial charge in [0.1, 0.15) is 11.6 Å². The number of ether oxygens (including phenoxy) is 1. The Morgan fingerprint density at radius 2 is 1.88 bits per heavy atom. The summed E-state index contributed by atoms with van der Waals surface area (Å²) in [4.78, 5) is 12.0. The van der Waals surface area contributed by atoms with Crippen LogP contribution < -0.4 is 10.3 Å². The molecule has 3 rings (SSSR count). The highest BCUT2D eigenvalue weighted by atomic mass is 19.1. The number of benzene rings is 2. The first-order valence-corrected chi connectivity index (χ1v) is 7.76. The van der Waals surface area contributed by atoms with Gasteiger partial charge in [-0.05, 0) is 35.9 Å². The van der Waals surface area contributed by atoms with Gasteiger partial charge in [0.05, 0.1) is 19.2 Å². The van der Waals surface area contributed by atoms with Crippen molar-refractivity contribution in [2.24, 2.45) is 0 Å². The van der Waals surface area contributed by atoms with E-state index >= 15 is 0 Å². The Labute approximate surface area is 145 Å². The molecule has 25 heavy (non-hydrogen) atoms. The SMILES string of the molecule is COc1ccccc1C#Cc1ccc(=O)n(Cc2cccc(F)c2)c1. The molecular formula is C21H16FNO2. The smallest absolute Gasteiger partial charge is 0.250 e. The Morgan fingerprint density at radius 3 is 2.68 bits per heavy atom. The summed E-state index contributed by atoms with van der Waals surface area (Å²) in [6.45, 7) is 0.292. The highest BCUT2D eigenvalue weighted by Gasteiger charge is 2.01. The predicted octanol–water partition coefficient (Wildman–Crippen LogP) is 3.44. The van der Waals surface area contributed by atoms with Gasteiger partial charge in [-0.1, -0.05) is 36.1 Å². The standard InChI is InChI=1S/C21H16FNO2/c1-25-20-8-3-2-6-18(20)11-9-16-10-12-21(24)23(14-16)15-17-5-4-7-19(22)13-17/h2-8,10,12-14H,15H2,1H3. The van der Waals surface area contributed by atoms with Gasteiger partial charge < -0.3 is 9.30 Å². The summed E-state index contributed by atoms with van der Waals surface area (Å²) in [5, 5.41) is 0. The Hall–Kier alpha value is -3.32. The molecule has 1 aromatic heterocycles. The largest absolute Gasteiger partial charge is 0.495 e. The van der Waals surface area contributed by atoms with Crippen molar-refractivity contribution in [3.8, 4) is 17.6 Å². The van der Waals surface area contributed by atoms with Crippen molar-refractivity contribution < 1.29 is 9.13 Å². The molecule has 0 aliphatic heterocycles. The number of rotatable bonds is 3. The molecule has 1 heterocycles. The zero-order valence-corrected chi connectivity index (χ0v) is 13.7. The van der Waals surface area contributed by atoms with E-state index in [1.165, 1.54) is 22.8 Å². The van der Waals surface area contributed by atoms with Gasteiger partial charge in [-0.2, -0.15) is 0 Å². The van der Waals surface area contributed by atoms with E-state index in [0.29, 0.717) is 17.9 Å². The van der Waals surface area contributed by atoms with Crippen molar-refractivity contribution in [3.63, 3.8) is 0 Å².